The lowest BCUT2D eigenvalue weighted by Gasteiger charge is -2.42. The predicted octanol–water partition coefficient (Wildman–Crippen LogP) is 1.12. The highest BCUT2D eigenvalue weighted by Crippen LogP contribution is 2.37. The summed E-state index contributed by atoms with van der Waals surface area (Å²) in [5, 5.41) is 13.3. The van der Waals surface area contributed by atoms with Gasteiger partial charge < -0.3 is 15.3 Å². The lowest BCUT2D eigenvalue weighted by atomic mass is 9.94. The lowest BCUT2D eigenvalue weighted by Crippen LogP contribution is -2.53. The number of benzene rings is 1. The molecule has 3 rings (SSSR count). The van der Waals surface area contributed by atoms with E-state index in [1.165, 1.54) is 12.0 Å². The summed E-state index contributed by atoms with van der Waals surface area (Å²) in [6.07, 6.45) is 2.29. The van der Waals surface area contributed by atoms with Crippen LogP contribution in [0.25, 0.3) is 0 Å². The van der Waals surface area contributed by atoms with Crippen LogP contribution in [0.2, 0.25) is 0 Å². The van der Waals surface area contributed by atoms with Crippen molar-refractivity contribution in [2.24, 2.45) is 0 Å². The lowest BCUT2D eigenvalue weighted by molar-refractivity contribution is 0.421. The molecule has 3 nitrogen and oxygen atoms in total. The van der Waals surface area contributed by atoms with Crippen LogP contribution in [0.4, 0.5) is 5.69 Å². The Balaban J connectivity index is 2.05. The fourth-order valence-electron chi connectivity index (χ4n) is 2.75. The smallest absolute Gasteiger partial charge is 0.139 e. The second-order valence-corrected chi connectivity index (χ2v) is 4.37. The van der Waals surface area contributed by atoms with E-state index in [0.717, 1.165) is 31.7 Å². The van der Waals surface area contributed by atoms with Crippen LogP contribution < -0.4 is 10.2 Å². The maximum atomic E-state index is 9.93. The quantitative estimate of drug-likeness (QED) is 0.664. The highest BCUT2D eigenvalue weighted by atomic mass is 16.3. The molecule has 0 saturated carbocycles. The molecule has 0 radical (unpaired) electrons. The van der Waals surface area contributed by atoms with Gasteiger partial charge in [-0.1, -0.05) is 12.1 Å². The van der Waals surface area contributed by atoms with Gasteiger partial charge in [0, 0.05) is 25.7 Å². The van der Waals surface area contributed by atoms with E-state index in [1.807, 2.05) is 6.07 Å². The molecule has 2 aliphatic rings. The van der Waals surface area contributed by atoms with Crippen LogP contribution in [0.15, 0.2) is 18.2 Å². The van der Waals surface area contributed by atoms with Crippen molar-refractivity contribution in [3.63, 3.8) is 0 Å². The molecule has 2 heterocycles. The zero-order valence-corrected chi connectivity index (χ0v) is 8.74. The number of rotatable bonds is 0. The maximum absolute atomic E-state index is 9.93. The number of fused-ring (bicyclic) bond motifs is 3. The number of aryl methyl sites for hydroxylation is 1. The Bertz CT molecular complexity index is 378. The molecule has 1 fully saturated rings. The summed E-state index contributed by atoms with van der Waals surface area (Å²) in [6, 6.07) is 6.44. The Morgan fingerprint density at radius 2 is 2.33 bits per heavy atom. The van der Waals surface area contributed by atoms with Gasteiger partial charge in [-0.05, 0) is 24.5 Å². The molecule has 0 spiro atoms. The molecule has 1 atom stereocenters. The molecule has 3 heteroatoms. The van der Waals surface area contributed by atoms with Crippen LogP contribution in [-0.2, 0) is 6.42 Å². The van der Waals surface area contributed by atoms with E-state index in [2.05, 4.69) is 16.3 Å². The number of phenolic OH excluding ortho intramolecular Hbond substituents is 1. The van der Waals surface area contributed by atoms with Gasteiger partial charge in [0.1, 0.15) is 5.75 Å². The number of nitrogens with one attached hydrogen (secondary N) is 1. The number of hydrogen-bond acceptors (Lipinski definition) is 3. The van der Waals surface area contributed by atoms with Crippen molar-refractivity contribution >= 4 is 5.69 Å². The van der Waals surface area contributed by atoms with Crippen LogP contribution in [0, 0.1) is 0 Å². The fourth-order valence-corrected chi connectivity index (χ4v) is 2.75. The van der Waals surface area contributed by atoms with Crippen LogP contribution in [0.3, 0.4) is 0 Å². The Morgan fingerprint density at radius 3 is 3.27 bits per heavy atom. The average molecular weight is 204 g/mol. The van der Waals surface area contributed by atoms with Crippen molar-refractivity contribution in [1.29, 1.82) is 0 Å². The van der Waals surface area contributed by atoms with Gasteiger partial charge >= 0.3 is 0 Å². The summed E-state index contributed by atoms with van der Waals surface area (Å²) in [6.45, 7) is 3.08. The summed E-state index contributed by atoms with van der Waals surface area (Å²) < 4.78 is 0. The Hall–Kier alpha value is -1.22. The zero-order chi connectivity index (χ0) is 10.3. The Kier molecular flexibility index (Phi) is 2.06. The summed E-state index contributed by atoms with van der Waals surface area (Å²) in [4.78, 5) is 2.37. The van der Waals surface area contributed by atoms with Crippen molar-refractivity contribution < 1.29 is 5.11 Å². The molecule has 1 aromatic carbocycles. The van der Waals surface area contributed by atoms with Gasteiger partial charge in [0.25, 0.3) is 0 Å². The topological polar surface area (TPSA) is 35.5 Å². The summed E-state index contributed by atoms with van der Waals surface area (Å²) >= 11 is 0. The minimum Gasteiger partial charge on any atom is -0.506 e. The van der Waals surface area contributed by atoms with Crippen LogP contribution in [0.1, 0.15) is 12.0 Å². The summed E-state index contributed by atoms with van der Waals surface area (Å²) in [5.41, 5.74) is 2.38. The van der Waals surface area contributed by atoms with Gasteiger partial charge in [-0.15, -0.1) is 0 Å². The number of piperazine rings is 1. The highest BCUT2D eigenvalue weighted by molar-refractivity contribution is 5.65. The monoisotopic (exact) mass is 204 g/mol. The van der Waals surface area contributed by atoms with E-state index in [0.29, 0.717) is 11.8 Å². The molecular weight excluding hydrogens is 188 g/mol. The first kappa shape index (κ1) is 9.04. The van der Waals surface area contributed by atoms with Crippen molar-refractivity contribution in [1.82, 2.24) is 5.32 Å². The molecule has 80 valence electrons. The third-order valence-corrected chi connectivity index (χ3v) is 3.48. The van der Waals surface area contributed by atoms with Crippen LogP contribution in [0.5, 0.6) is 5.75 Å². The van der Waals surface area contributed by atoms with Gasteiger partial charge in [-0.3, -0.25) is 0 Å². The van der Waals surface area contributed by atoms with Gasteiger partial charge in [0.05, 0.1) is 5.69 Å². The van der Waals surface area contributed by atoms with E-state index in [9.17, 15) is 5.11 Å². The van der Waals surface area contributed by atoms with E-state index in [4.69, 9.17) is 0 Å². The summed E-state index contributed by atoms with van der Waals surface area (Å²) in [5.74, 6) is 0.444. The second-order valence-electron chi connectivity index (χ2n) is 4.37. The van der Waals surface area contributed by atoms with Crippen LogP contribution in [-0.4, -0.2) is 30.8 Å². The van der Waals surface area contributed by atoms with E-state index < -0.39 is 0 Å². The molecule has 2 aliphatic heterocycles. The number of anilines is 1. The minimum atomic E-state index is 0.444. The molecular formula is C12H16N2O. The summed E-state index contributed by atoms with van der Waals surface area (Å²) in [7, 11) is 0. The first-order valence-corrected chi connectivity index (χ1v) is 5.64. The van der Waals surface area contributed by atoms with E-state index >= 15 is 0 Å². The molecule has 0 amide bonds. The predicted molar refractivity (Wildman–Crippen MR) is 60.4 cm³/mol. The fraction of sp³-hybridized carbons (Fsp3) is 0.500. The van der Waals surface area contributed by atoms with Crippen molar-refractivity contribution in [2.75, 3.05) is 24.5 Å². The highest BCUT2D eigenvalue weighted by Gasteiger charge is 2.29. The molecule has 1 saturated heterocycles. The first-order chi connectivity index (χ1) is 7.36. The van der Waals surface area contributed by atoms with Gasteiger partial charge in [0.15, 0.2) is 0 Å². The minimum absolute atomic E-state index is 0.444. The second kappa shape index (κ2) is 3.42. The third kappa shape index (κ3) is 1.38. The Morgan fingerprint density at radius 1 is 1.40 bits per heavy atom. The van der Waals surface area contributed by atoms with E-state index in [1.54, 1.807) is 6.07 Å². The largest absolute Gasteiger partial charge is 0.506 e. The van der Waals surface area contributed by atoms with E-state index in [-0.39, 0.29) is 0 Å². The standard InChI is InChI=1S/C12H16N2O/c15-11-3-1-2-9-4-5-10-8-13-6-7-14(10)12(9)11/h1-3,10,13,15H,4-8H2. The molecule has 0 aromatic heterocycles. The number of nitrogens with zero attached hydrogens (tertiary/aromatic N) is 1. The first-order valence-electron chi connectivity index (χ1n) is 5.64. The number of hydrogen-bond donors (Lipinski definition) is 2. The van der Waals surface area contributed by atoms with Crippen molar-refractivity contribution in [2.45, 2.75) is 18.9 Å². The van der Waals surface area contributed by atoms with Crippen LogP contribution >= 0.6 is 0 Å². The van der Waals surface area contributed by atoms with Gasteiger partial charge in [-0.2, -0.15) is 0 Å². The third-order valence-electron chi connectivity index (χ3n) is 3.48. The molecule has 0 aliphatic carbocycles. The van der Waals surface area contributed by atoms with Gasteiger partial charge in [0.2, 0.25) is 0 Å². The normalized spacial score (nSPS) is 24.5. The average Bonchev–Trinajstić information content (AvgIpc) is 2.29. The Labute approximate surface area is 89.7 Å². The molecule has 15 heavy (non-hydrogen) atoms. The SMILES string of the molecule is Oc1cccc2c1N1CCNCC1CC2. The number of phenols is 1. The molecule has 2 N–H and O–H groups in total. The number of para-hydroxylation sites is 1. The maximum Gasteiger partial charge on any atom is 0.139 e. The van der Waals surface area contributed by atoms with Crippen molar-refractivity contribution in [3.05, 3.63) is 23.8 Å². The molecule has 1 aromatic rings. The number of aromatic hydroxyl groups is 1. The molecule has 0 bridgehead atoms. The zero-order valence-electron chi connectivity index (χ0n) is 8.74. The molecule has 1 unspecified atom stereocenters. The van der Waals surface area contributed by atoms with Crippen molar-refractivity contribution in [3.8, 4) is 5.75 Å². The van der Waals surface area contributed by atoms with Gasteiger partial charge in [-0.25, -0.2) is 0 Å².